The van der Waals surface area contributed by atoms with Gasteiger partial charge in [0.1, 0.15) is 6.04 Å². The van der Waals surface area contributed by atoms with Crippen LogP contribution in [0, 0.1) is 6.92 Å². The highest BCUT2D eigenvalue weighted by Crippen LogP contribution is 2.24. The number of hydrogen-bond donors (Lipinski definition) is 1. The van der Waals surface area contributed by atoms with Crippen LogP contribution in [-0.4, -0.2) is 28.8 Å². The van der Waals surface area contributed by atoms with Crippen LogP contribution in [0.1, 0.15) is 55.7 Å². The summed E-state index contributed by atoms with van der Waals surface area (Å²) in [5.41, 5.74) is 2.78. The van der Waals surface area contributed by atoms with Crippen molar-refractivity contribution in [3.8, 4) is 0 Å². The van der Waals surface area contributed by atoms with Gasteiger partial charge in [0.05, 0.1) is 6.42 Å². The number of carbonyl (C=O) groups is 2. The third-order valence-electron chi connectivity index (χ3n) is 6.08. The van der Waals surface area contributed by atoms with E-state index in [0.29, 0.717) is 10.0 Å². The molecule has 166 valence electrons. The fourth-order valence-corrected chi connectivity index (χ4v) is 4.53. The van der Waals surface area contributed by atoms with Gasteiger partial charge in [-0.15, -0.1) is 0 Å². The lowest BCUT2D eigenvalue weighted by Crippen LogP contribution is -2.50. The summed E-state index contributed by atoms with van der Waals surface area (Å²) in [5, 5.41) is 4.18. The van der Waals surface area contributed by atoms with Gasteiger partial charge in [0.2, 0.25) is 11.8 Å². The predicted octanol–water partition coefficient (Wildman–Crippen LogP) is 5.71. The summed E-state index contributed by atoms with van der Waals surface area (Å²) in [6.07, 6.45) is 5.72. The second-order valence-electron chi connectivity index (χ2n) is 8.38. The molecular formula is C25H30Cl2N2O2. The summed E-state index contributed by atoms with van der Waals surface area (Å²) in [6.45, 7) is 4.03. The van der Waals surface area contributed by atoms with E-state index in [4.69, 9.17) is 23.2 Å². The number of rotatable bonds is 7. The Hall–Kier alpha value is -2.04. The van der Waals surface area contributed by atoms with Crippen molar-refractivity contribution in [2.24, 2.45) is 0 Å². The highest BCUT2D eigenvalue weighted by atomic mass is 35.5. The molecule has 2 aromatic carbocycles. The minimum absolute atomic E-state index is 0.105. The van der Waals surface area contributed by atoms with Gasteiger partial charge >= 0.3 is 0 Å². The van der Waals surface area contributed by atoms with E-state index in [9.17, 15) is 9.59 Å². The Morgan fingerprint density at radius 1 is 1.06 bits per heavy atom. The fraction of sp³-hybridized carbons (Fsp3) is 0.440. The number of halogens is 2. The Balaban J connectivity index is 1.80. The number of hydrogen-bond acceptors (Lipinski definition) is 2. The second kappa shape index (κ2) is 11.0. The van der Waals surface area contributed by atoms with Crippen molar-refractivity contribution < 1.29 is 9.59 Å². The predicted molar refractivity (Wildman–Crippen MR) is 126 cm³/mol. The first kappa shape index (κ1) is 23.6. The molecule has 3 rings (SSSR count). The molecule has 1 aliphatic carbocycles. The summed E-state index contributed by atoms with van der Waals surface area (Å²) in [6, 6.07) is 12.6. The van der Waals surface area contributed by atoms with Crippen molar-refractivity contribution in [3.05, 3.63) is 69.2 Å². The number of carbonyl (C=O) groups excluding carboxylic acids is 2. The molecule has 31 heavy (non-hydrogen) atoms. The molecular weight excluding hydrogens is 431 g/mol. The zero-order valence-electron chi connectivity index (χ0n) is 18.2. The summed E-state index contributed by atoms with van der Waals surface area (Å²) in [7, 11) is 0. The highest BCUT2D eigenvalue weighted by Gasteiger charge is 2.28. The summed E-state index contributed by atoms with van der Waals surface area (Å²) >= 11 is 12.4. The van der Waals surface area contributed by atoms with Crippen molar-refractivity contribution in [1.29, 1.82) is 0 Å². The Morgan fingerprint density at radius 3 is 2.45 bits per heavy atom. The Bertz CT molecular complexity index is 925. The van der Waals surface area contributed by atoms with Crippen molar-refractivity contribution in [1.82, 2.24) is 10.2 Å². The van der Waals surface area contributed by atoms with Gasteiger partial charge in [0.15, 0.2) is 0 Å². The SMILES string of the molecule is Cc1ccccc1CC(=O)N(Cc1ccc(Cl)cc1Cl)[C@@H](C)C(=O)NC1CCCCC1. The lowest BCUT2D eigenvalue weighted by molar-refractivity contribution is -0.140. The number of benzene rings is 2. The average Bonchev–Trinajstić information content (AvgIpc) is 2.75. The van der Waals surface area contributed by atoms with Gasteiger partial charge in [-0.1, -0.05) is 72.8 Å². The molecule has 1 fully saturated rings. The second-order valence-corrected chi connectivity index (χ2v) is 9.22. The lowest BCUT2D eigenvalue weighted by Gasteiger charge is -2.31. The smallest absolute Gasteiger partial charge is 0.242 e. The van der Waals surface area contributed by atoms with Crippen molar-refractivity contribution in [2.45, 2.75) is 71.0 Å². The van der Waals surface area contributed by atoms with Crippen LogP contribution in [0.25, 0.3) is 0 Å². The minimum atomic E-state index is -0.606. The first-order chi connectivity index (χ1) is 14.8. The monoisotopic (exact) mass is 460 g/mol. The van der Waals surface area contributed by atoms with Crippen LogP contribution in [0.4, 0.5) is 0 Å². The van der Waals surface area contributed by atoms with Crippen LogP contribution in [0.3, 0.4) is 0 Å². The van der Waals surface area contributed by atoms with Gasteiger partial charge in [0.25, 0.3) is 0 Å². The van der Waals surface area contributed by atoms with Crippen molar-refractivity contribution >= 4 is 35.0 Å². The molecule has 0 spiro atoms. The topological polar surface area (TPSA) is 49.4 Å². The van der Waals surface area contributed by atoms with Crippen LogP contribution in [0.2, 0.25) is 10.0 Å². The highest BCUT2D eigenvalue weighted by molar-refractivity contribution is 6.35. The van der Waals surface area contributed by atoms with Gasteiger partial charge in [-0.3, -0.25) is 9.59 Å². The number of nitrogens with zero attached hydrogens (tertiary/aromatic N) is 1. The van der Waals surface area contributed by atoms with Crippen LogP contribution in [0.15, 0.2) is 42.5 Å². The molecule has 1 aliphatic rings. The van der Waals surface area contributed by atoms with Gasteiger partial charge in [-0.05, 0) is 55.5 Å². The molecule has 0 aromatic heterocycles. The Labute approximate surface area is 194 Å². The summed E-state index contributed by atoms with van der Waals surface area (Å²) in [5.74, 6) is -0.221. The lowest BCUT2D eigenvalue weighted by atomic mass is 9.95. The van der Waals surface area contributed by atoms with Gasteiger partial charge < -0.3 is 10.2 Å². The molecule has 2 aromatic rings. The molecule has 0 saturated heterocycles. The van der Waals surface area contributed by atoms with Crippen LogP contribution in [-0.2, 0) is 22.6 Å². The molecule has 2 amide bonds. The van der Waals surface area contributed by atoms with E-state index in [1.807, 2.05) is 37.3 Å². The first-order valence-electron chi connectivity index (χ1n) is 10.9. The van der Waals surface area contributed by atoms with E-state index in [2.05, 4.69) is 5.32 Å². The maximum Gasteiger partial charge on any atom is 0.242 e. The maximum atomic E-state index is 13.4. The maximum absolute atomic E-state index is 13.4. The van der Waals surface area contributed by atoms with E-state index < -0.39 is 6.04 Å². The number of amides is 2. The van der Waals surface area contributed by atoms with Crippen LogP contribution >= 0.6 is 23.2 Å². The fourth-order valence-electron chi connectivity index (χ4n) is 4.06. The summed E-state index contributed by atoms with van der Waals surface area (Å²) < 4.78 is 0. The third-order valence-corrected chi connectivity index (χ3v) is 6.66. The van der Waals surface area contributed by atoms with Gasteiger partial charge in [-0.25, -0.2) is 0 Å². The normalized spacial score (nSPS) is 15.4. The molecule has 1 atom stereocenters. The molecule has 4 nitrogen and oxygen atoms in total. The van der Waals surface area contributed by atoms with E-state index in [-0.39, 0.29) is 30.8 Å². The average molecular weight is 461 g/mol. The zero-order chi connectivity index (χ0) is 22.4. The molecule has 0 unspecified atom stereocenters. The number of aryl methyl sites for hydroxylation is 1. The van der Waals surface area contributed by atoms with E-state index >= 15 is 0 Å². The van der Waals surface area contributed by atoms with E-state index in [1.165, 1.54) is 6.42 Å². The Kier molecular flexibility index (Phi) is 8.39. The van der Waals surface area contributed by atoms with E-state index in [0.717, 1.165) is 42.4 Å². The molecule has 6 heteroatoms. The Morgan fingerprint density at radius 2 is 1.77 bits per heavy atom. The van der Waals surface area contributed by atoms with Crippen molar-refractivity contribution in [2.75, 3.05) is 0 Å². The van der Waals surface area contributed by atoms with E-state index in [1.54, 1.807) is 24.0 Å². The van der Waals surface area contributed by atoms with Gasteiger partial charge in [0, 0.05) is 22.6 Å². The van der Waals surface area contributed by atoms with Gasteiger partial charge in [-0.2, -0.15) is 0 Å². The van der Waals surface area contributed by atoms with Crippen LogP contribution in [0.5, 0.6) is 0 Å². The zero-order valence-corrected chi connectivity index (χ0v) is 19.7. The number of nitrogens with one attached hydrogen (secondary N) is 1. The molecule has 0 heterocycles. The molecule has 0 aliphatic heterocycles. The standard InChI is InChI=1S/C25H30Cl2N2O2/c1-17-8-6-7-9-19(17)14-24(30)29(16-20-12-13-21(26)15-23(20)27)18(2)25(31)28-22-10-4-3-5-11-22/h6-9,12-13,15,18,22H,3-5,10-11,14,16H2,1-2H3,(H,28,31)/t18-/m0/s1. The minimum Gasteiger partial charge on any atom is -0.352 e. The quantitative estimate of drug-likeness (QED) is 0.574. The summed E-state index contributed by atoms with van der Waals surface area (Å²) in [4.78, 5) is 28.0. The molecule has 0 bridgehead atoms. The third kappa shape index (κ3) is 6.47. The van der Waals surface area contributed by atoms with Crippen molar-refractivity contribution in [3.63, 3.8) is 0 Å². The molecule has 0 radical (unpaired) electrons. The molecule has 1 N–H and O–H groups in total. The first-order valence-corrected chi connectivity index (χ1v) is 11.7. The molecule has 1 saturated carbocycles. The largest absolute Gasteiger partial charge is 0.352 e. The van der Waals surface area contributed by atoms with Crippen LogP contribution < -0.4 is 5.32 Å².